The minimum absolute atomic E-state index is 0.0410. The summed E-state index contributed by atoms with van der Waals surface area (Å²) in [4.78, 5) is 16.9. The van der Waals surface area contributed by atoms with Crippen LogP contribution in [-0.4, -0.2) is 23.2 Å². The van der Waals surface area contributed by atoms with E-state index in [1.807, 2.05) is 6.07 Å². The molecule has 2 aromatic carbocycles. The molecule has 1 aliphatic rings. The van der Waals surface area contributed by atoms with Gasteiger partial charge in [0.05, 0.1) is 10.2 Å². The van der Waals surface area contributed by atoms with Gasteiger partial charge >= 0.3 is 0 Å². The molecule has 0 N–H and O–H groups in total. The molecule has 1 atom stereocenters. The lowest BCUT2D eigenvalue weighted by molar-refractivity contribution is -0.127. The summed E-state index contributed by atoms with van der Waals surface area (Å²) < 4.78 is 40.7. The van der Waals surface area contributed by atoms with E-state index in [0.717, 1.165) is 17.4 Å². The zero-order valence-electron chi connectivity index (χ0n) is 13.7. The van der Waals surface area contributed by atoms with Crippen LogP contribution in [-0.2, 0) is 11.3 Å². The number of aromatic nitrogens is 1. The third-order valence-corrected chi connectivity index (χ3v) is 5.03. The van der Waals surface area contributed by atoms with Crippen LogP contribution in [0.2, 0.25) is 0 Å². The third kappa shape index (κ3) is 2.86. The fraction of sp³-hybridized carbons (Fsp3) is 0.222. The molecule has 0 unspecified atom stereocenters. The van der Waals surface area contributed by atoms with Crippen LogP contribution in [0.5, 0.6) is 11.5 Å². The molecular formula is C18H14F2N2O3S. The Labute approximate surface area is 151 Å². The Hall–Kier alpha value is -2.74. The van der Waals surface area contributed by atoms with Crippen molar-refractivity contribution in [3.63, 3.8) is 0 Å². The lowest BCUT2D eigenvalue weighted by Crippen LogP contribution is -2.36. The largest absolute Gasteiger partial charge is 0.485 e. The number of carbonyl (C=O) groups excluding carboxylic acids is 1. The average Bonchev–Trinajstić information content (AvgIpc) is 2.98. The molecule has 0 saturated heterocycles. The van der Waals surface area contributed by atoms with Crippen LogP contribution in [0, 0.1) is 11.6 Å². The molecule has 0 fully saturated rings. The minimum Gasteiger partial charge on any atom is -0.485 e. The smallest absolute Gasteiger partial charge is 0.292 e. The van der Waals surface area contributed by atoms with Crippen molar-refractivity contribution >= 4 is 27.5 Å². The Morgan fingerprint density at radius 3 is 2.85 bits per heavy atom. The number of hydrogen-bond donors (Lipinski definition) is 0. The van der Waals surface area contributed by atoms with Gasteiger partial charge in [-0.3, -0.25) is 4.79 Å². The number of hydrogen-bond acceptors (Lipinski definition) is 4. The Balaban J connectivity index is 1.72. The standard InChI is InChI=1S/C18H14F2N2O3S/c1-2-22-16-11(20)7-10(19)8-15(16)26-18(22)21-17(23)14-9-24-12-5-3-4-6-13(12)25-14/h3-8,14H,2,9H2,1H3/t14-/m0/s1. The number of para-hydroxylation sites is 2. The van der Waals surface area contributed by atoms with Crippen LogP contribution >= 0.6 is 11.3 Å². The second-order valence-corrected chi connectivity index (χ2v) is 6.69. The number of rotatable bonds is 2. The maximum absolute atomic E-state index is 14.1. The van der Waals surface area contributed by atoms with Gasteiger partial charge in [0, 0.05) is 12.6 Å². The topological polar surface area (TPSA) is 52.8 Å². The normalized spacial score (nSPS) is 16.9. The van der Waals surface area contributed by atoms with Crippen molar-refractivity contribution in [3.8, 4) is 11.5 Å². The van der Waals surface area contributed by atoms with Gasteiger partial charge in [0.15, 0.2) is 22.1 Å². The van der Waals surface area contributed by atoms with Gasteiger partial charge in [-0.2, -0.15) is 4.99 Å². The maximum Gasteiger partial charge on any atom is 0.292 e. The van der Waals surface area contributed by atoms with Crippen molar-refractivity contribution in [1.82, 2.24) is 4.57 Å². The highest BCUT2D eigenvalue weighted by atomic mass is 32.1. The van der Waals surface area contributed by atoms with Crippen LogP contribution in [0.15, 0.2) is 41.4 Å². The van der Waals surface area contributed by atoms with Crippen LogP contribution in [0.25, 0.3) is 10.2 Å². The lowest BCUT2D eigenvalue weighted by atomic mass is 10.2. The second-order valence-electron chi connectivity index (χ2n) is 5.68. The van der Waals surface area contributed by atoms with E-state index >= 15 is 0 Å². The molecule has 1 aromatic heterocycles. The summed E-state index contributed by atoms with van der Waals surface area (Å²) in [5.74, 6) is -0.843. The van der Waals surface area contributed by atoms with Gasteiger partial charge in [-0.25, -0.2) is 8.78 Å². The number of aryl methyl sites for hydroxylation is 1. The number of fused-ring (bicyclic) bond motifs is 2. The Bertz CT molecular complexity index is 1070. The van der Waals surface area contributed by atoms with Crippen molar-refractivity contribution in [2.24, 2.45) is 4.99 Å². The van der Waals surface area contributed by atoms with Gasteiger partial charge in [0.2, 0.25) is 6.10 Å². The molecular weight excluding hydrogens is 362 g/mol. The van der Waals surface area contributed by atoms with E-state index in [0.29, 0.717) is 27.5 Å². The van der Waals surface area contributed by atoms with E-state index in [-0.39, 0.29) is 12.1 Å². The first-order valence-electron chi connectivity index (χ1n) is 8.02. The predicted molar refractivity (Wildman–Crippen MR) is 92.3 cm³/mol. The molecule has 3 aromatic rings. The average molecular weight is 376 g/mol. The van der Waals surface area contributed by atoms with Crippen LogP contribution in [0.4, 0.5) is 8.78 Å². The molecule has 1 amide bonds. The van der Waals surface area contributed by atoms with E-state index in [4.69, 9.17) is 9.47 Å². The highest BCUT2D eigenvalue weighted by Gasteiger charge is 2.27. The van der Waals surface area contributed by atoms with Crippen molar-refractivity contribution in [2.45, 2.75) is 19.6 Å². The molecule has 2 heterocycles. The van der Waals surface area contributed by atoms with E-state index < -0.39 is 23.6 Å². The van der Waals surface area contributed by atoms with E-state index in [1.165, 1.54) is 6.07 Å². The summed E-state index contributed by atoms with van der Waals surface area (Å²) in [6, 6.07) is 9.10. The first-order valence-corrected chi connectivity index (χ1v) is 8.84. The Kier molecular flexibility index (Phi) is 4.20. The Morgan fingerprint density at radius 1 is 1.31 bits per heavy atom. The fourth-order valence-electron chi connectivity index (χ4n) is 2.82. The SMILES string of the molecule is CCn1c(=NC(=O)[C@@H]2COc3ccccc3O2)sc2cc(F)cc(F)c21. The number of nitrogens with zero attached hydrogens (tertiary/aromatic N) is 2. The summed E-state index contributed by atoms with van der Waals surface area (Å²) in [5, 5.41) is 0. The maximum atomic E-state index is 14.1. The van der Waals surface area contributed by atoms with Crippen LogP contribution in [0.3, 0.4) is 0 Å². The van der Waals surface area contributed by atoms with Gasteiger partial charge < -0.3 is 14.0 Å². The zero-order chi connectivity index (χ0) is 18.3. The molecule has 0 radical (unpaired) electrons. The quantitative estimate of drug-likeness (QED) is 0.690. The molecule has 8 heteroatoms. The highest BCUT2D eigenvalue weighted by Crippen LogP contribution is 2.31. The Morgan fingerprint density at radius 2 is 2.08 bits per heavy atom. The van der Waals surface area contributed by atoms with Crippen molar-refractivity contribution in [3.05, 3.63) is 52.8 Å². The fourth-order valence-corrected chi connectivity index (χ4v) is 3.95. The summed E-state index contributed by atoms with van der Waals surface area (Å²) in [6.07, 6.45) is -0.887. The highest BCUT2D eigenvalue weighted by molar-refractivity contribution is 7.16. The van der Waals surface area contributed by atoms with Crippen LogP contribution < -0.4 is 14.3 Å². The summed E-state index contributed by atoms with van der Waals surface area (Å²) in [6.45, 7) is 2.23. The van der Waals surface area contributed by atoms with Gasteiger partial charge in [-0.15, -0.1) is 0 Å². The molecule has 0 aliphatic carbocycles. The molecule has 0 spiro atoms. The number of carbonyl (C=O) groups is 1. The van der Waals surface area contributed by atoms with Gasteiger partial charge in [0.25, 0.3) is 5.91 Å². The van der Waals surface area contributed by atoms with Crippen molar-refractivity contribution in [1.29, 1.82) is 0 Å². The van der Waals surface area contributed by atoms with Gasteiger partial charge in [-0.1, -0.05) is 23.5 Å². The first kappa shape index (κ1) is 16.7. The van der Waals surface area contributed by atoms with Crippen molar-refractivity contribution < 1.29 is 23.0 Å². The molecule has 5 nitrogen and oxygen atoms in total. The van der Waals surface area contributed by atoms with E-state index in [9.17, 15) is 13.6 Å². The van der Waals surface area contributed by atoms with Crippen molar-refractivity contribution in [2.75, 3.05) is 6.61 Å². The predicted octanol–water partition coefficient (Wildman–Crippen LogP) is 3.27. The molecule has 0 bridgehead atoms. The number of ether oxygens (including phenoxy) is 2. The zero-order valence-corrected chi connectivity index (χ0v) is 14.6. The molecule has 4 rings (SSSR count). The number of benzene rings is 2. The second kappa shape index (κ2) is 6.53. The summed E-state index contributed by atoms with van der Waals surface area (Å²) in [5.41, 5.74) is 0.233. The third-order valence-electron chi connectivity index (χ3n) is 4.00. The molecule has 26 heavy (non-hydrogen) atoms. The number of amides is 1. The molecule has 1 aliphatic heterocycles. The van der Waals surface area contributed by atoms with E-state index in [1.54, 1.807) is 29.7 Å². The van der Waals surface area contributed by atoms with E-state index in [2.05, 4.69) is 4.99 Å². The molecule has 0 saturated carbocycles. The number of halogens is 2. The molecule has 134 valence electrons. The first-order chi connectivity index (χ1) is 12.6. The monoisotopic (exact) mass is 376 g/mol. The van der Waals surface area contributed by atoms with Gasteiger partial charge in [-0.05, 0) is 25.1 Å². The number of thiazole rings is 1. The minimum atomic E-state index is -0.887. The lowest BCUT2D eigenvalue weighted by Gasteiger charge is -2.23. The summed E-state index contributed by atoms with van der Waals surface area (Å²) in [7, 11) is 0. The van der Waals surface area contributed by atoms with Gasteiger partial charge in [0.1, 0.15) is 12.4 Å². The van der Waals surface area contributed by atoms with Crippen LogP contribution in [0.1, 0.15) is 6.92 Å². The summed E-state index contributed by atoms with van der Waals surface area (Å²) >= 11 is 1.05.